The zero-order chi connectivity index (χ0) is 9.68. The number of carbonyl (C=O) groups is 1. The van der Waals surface area contributed by atoms with Crippen molar-refractivity contribution in [3.05, 3.63) is 0 Å². The van der Waals surface area contributed by atoms with E-state index in [4.69, 9.17) is 10.5 Å². The fraction of sp³-hybridized carbons (Fsp3) is 0.889. The standard InChI is InChI=1S/C9H17NO3/c1-12-9(11)8(10)5-7-3-2-4-13-6-7/h7-8H,2-6,10H2,1H3. The Hall–Kier alpha value is -0.610. The Morgan fingerprint density at radius 1 is 1.77 bits per heavy atom. The predicted octanol–water partition coefficient (Wildman–Crippen LogP) is 0.303. The van der Waals surface area contributed by atoms with Gasteiger partial charge in [0, 0.05) is 13.2 Å². The summed E-state index contributed by atoms with van der Waals surface area (Å²) in [5.74, 6) is 0.0911. The average molecular weight is 187 g/mol. The lowest BCUT2D eigenvalue weighted by molar-refractivity contribution is -0.142. The second-order valence-corrected chi connectivity index (χ2v) is 3.45. The van der Waals surface area contributed by atoms with E-state index in [9.17, 15) is 4.79 Å². The summed E-state index contributed by atoms with van der Waals surface area (Å²) in [6, 6.07) is -0.489. The van der Waals surface area contributed by atoms with Crippen LogP contribution >= 0.6 is 0 Å². The Kier molecular flexibility index (Phi) is 4.18. The molecule has 0 radical (unpaired) electrons. The van der Waals surface area contributed by atoms with Gasteiger partial charge in [0.2, 0.25) is 0 Å². The predicted molar refractivity (Wildman–Crippen MR) is 48.2 cm³/mol. The first-order valence-corrected chi connectivity index (χ1v) is 4.65. The molecule has 0 aliphatic carbocycles. The van der Waals surface area contributed by atoms with E-state index < -0.39 is 6.04 Å². The largest absolute Gasteiger partial charge is 0.468 e. The van der Waals surface area contributed by atoms with Gasteiger partial charge in [-0.25, -0.2) is 0 Å². The molecule has 1 aliphatic heterocycles. The maximum absolute atomic E-state index is 11.0. The molecule has 0 saturated carbocycles. The van der Waals surface area contributed by atoms with Crippen LogP contribution in [0.3, 0.4) is 0 Å². The van der Waals surface area contributed by atoms with E-state index in [1.807, 2.05) is 0 Å². The van der Waals surface area contributed by atoms with E-state index in [-0.39, 0.29) is 5.97 Å². The molecule has 0 aromatic rings. The van der Waals surface area contributed by atoms with Crippen molar-refractivity contribution in [3.8, 4) is 0 Å². The smallest absolute Gasteiger partial charge is 0.322 e. The third-order valence-electron chi connectivity index (χ3n) is 2.35. The van der Waals surface area contributed by atoms with Gasteiger partial charge in [0.15, 0.2) is 0 Å². The van der Waals surface area contributed by atoms with Gasteiger partial charge < -0.3 is 15.2 Å². The van der Waals surface area contributed by atoms with Crippen LogP contribution in [-0.2, 0) is 14.3 Å². The minimum atomic E-state index is -0.489. The van der Waals surface area contributed by atoms with Crippen LogP contribution in [-0.4, -0.2) is 32.3 Å². The molecule has 0 aromatic carbocycles. The second kappa shape index (κ2) is 5.19. The lowest BCUT2D eigenvalue weighted by atomic mass is 9.95. The molecule has 1 heterocycles. The first kappa shape index (κ1) is 10.5. The van der Waals surface area contributed by atoms with Gasteiger partial charge in [0.1, 0.15) is 6.04 Å². The third kappa shape index (κ3) is 3.32. The number of nitrogens with two attached hydrogens (primary N) is 1. The van der Waals surface area contributed by atoms with Crippen molar-refractivity contribution >= 4 is 5.97 Å². The van der Waals surface area contributed by atoms with Crippen LogP contribution in [0.2, 0.25) is 0 Å². The highest BCUT2D eigenvalue weighted by Gasteiger charge is 2.21. The molecule has 1 rings (SSSR count). The van der Waals surface area contributed by atoms with Gasteiger partial charge in [0.25, 0.3) is 0 Å². The van der Waals surface area contributed by atoms with Crippen molar-refractivity contribution in [2.24, 2.45) is 11.7 Å². The zero-order valence-electron chi connectivity index (χ0n) is 7.99. The van der Waals surface area contributed by atoms with Gasteiger partial charge in [-0.15, -0.1) is 0 Å². The fourth-order valence-corrected chi connectivity index (χ4v) is 1.60. The molecule has 0 amide bonds. The van der Waals surface area contributed by atoms with Crippen molar-refractivity contribution in [3.63, 3.8) is 0 Å². The van der Waals surface area contributed by atoms with Gasteiger partial charge in [-0.05, 0) is 25.2 Å². The topological polar surface area (TPSA) is 61.5 Å². The van der Waals surface area contributed by atoms with Gasteiger partial charge in [-0.3, -0.25) is 4.79 Å². The maximum atomic E-state index is 11.0. The number of esters is 1. The van der Waals surface area contributed by atoms with E-state index in [0.29, 0.717) is 12.3 Å². The molecule has 4 nitrogen and oxygen atoms in total. The summed E-state index contributed by atoms with van der Waals surface area (Å²) >= 11 is 0. The van der Waals surface area contributed by atoms with Crippen LogP contribution in [0.25, 0.3) is 0 Å². The molecule has 0 bridgehead atoms. The van der Waals surface area contributed by atoms with Crippen molar-refractivity contribution in [1.82, 2.24) is 0 Å². The van der Waals surface area contributed by atoms with E-state index >= 15 is 0 Å². The Labute approximate surface area is 78.4 Å². The number of rotatable bonds is 3. The van der Waals surface area contributed by atoms with Gasteiger partial charge in [-0.1, -0.05) is 0 Å². The molecule has 2 unspecified atom stereocenters. The summed E-state index contributed by atoms with van der Waals surface area (Å²) in [7, 11) is 1.36. The molecule has 76 valence electrons. The highest BCUT2D eigenvalue weighted by molar-refractivity contribution is 5.75. The zero-order valence-corrected chi connectivity index (χ0v) is 7.99. The van der Waals surface area contributed by atoms with E-state index in [1.54, 1.807) is 0 Å². The van der Waals surface area contributed by atoms with E-state index in [0.717, 1.165) is 26.1 Å². The van der Waals surface area contributed by atoms with Crippen LogP contribution in [0.4, 0.5) is 0 Å². The third-order valence-corrected chi connectivity index (χ3v) is 2.35. The van der Waals surface area contributed by atoms with Gasteiger partial charge in [0.05, 0.1) is 7.11 Å². The molecule has 4 heteroatoms. The molecule has 2 atom stereocenters. The molecular formula is C9H17NO3. The lowest BCUT2D eigenvalue weighted by Gasteiger charge is -2.23. The molecule has 1 saturated heterocycles. The van der Waals surface area contributed by atoms with Crippen LogP contribution in [0.1, 0.15) is 19.3 Å². The summed E-state index contributed by atoms with van der Waals surface area (Å²) in [5.41, 5.74) is 5.63. The van der Waals surface area contributed by atoms with Crippen LogP contribution in [0.5, 0.6) is 0 Å². The van der Waals surface area contributed by atoms with Crippen molar-refractivity contribution in [2.75, 3.05) is 20.3 Å². The SMILES string of the molecule is COC(=O)C(N)CC1CCCOC1. The number of hydrogen-bond donors (Lipinski definition) is 1. The number of hydrogen-bond acceptors (Lipinski definition) is 4. The quantitative estimate of drug-likeness (QED) is 0.646. The second-order valence-electron chi connectivity index (χ2n) is 3.45. The fourth-order valence-electron chi connectivity index (χ4n) is 1.60. The molecule has 13 heavy (non-hydrogen) atoms. The van der Waals surface area contributed by atoms with Crippen LogP contribution < -0.4 is 5.73 Å². The summed E-state index contributed by atoms with van der Waals surface area (Å²) < 4.78 is 9.84. The summed E-state index contributed by atoms with van der Waals surface area (Å²) in [6.45, 7) is 1.56. The summed E-state index contributed by atoms with van der Waals surface area (Å²) in [5, 5.41) is 0. The minimum absolute atomic E-state index is 0.328. The van der Waals surface area contributed by atoms with Crippen LogP contribution in [0.15, 0.2) is 0 Å². The first-order chi connectivity index (χ1) is 6.24. The minimum Gasteiger partial charge on any atom is -0.468 e. The normalized spacial score (nSPS) is 25.2. The highest BCUT2D eigenvalue weighted by atomic mass is 16.5. The summed E-state index contributed by atoms with van der Waals surface area (Å²) in [4.78, 5) is 11.0. The van der Waals surface area contributed by atoms with Crippen LogP contribution in [0, 0.1) is 5.92 Å². The number of methoxy groups -OCH3 is 1. The average Bonchev–Trinajstić information content (AvgIpc) is 2.18. The molecule has 0 spiro atoms. The van der Waals surface area contributed by atoms with Crippen molar-refractivity contribution in [1.29, 1.82) is 0 Å². The van der Waals surface area contributed by atoms with Gasteiger partial charge >= 0.3 is 5.97 Å². The first-order valence-electron chi connectivity index (χ1n) is 4.65. The lowest BCUT2D eigenvalue weighted by Crippen LogP contribution is -2.35. The molecule has 1 aliphatic rings. The van der Waals surface area contributed by atoms with E-state index in [2.05, 4.69) is 4.74 Å². The Bertz CT molecular complexity index is 166. The Balaban J connectivity index is 2.25. The molecule has 0 aromatic heterocycles. The van der Waals surface area contributed by atoms with Crippen molar-refractivity contribution < 1.29 is 14.3 Å². The Morgan fingerprint density at radius 2 is 2.54 bits per heavy atom. The monoisotopic (exact) mass is 187 g/mol. The molecule has 1 fully saturated rings. The number of carbonyl (C=O) groups excluding carboxylic acids is 1. The number of ether oxygens (including phenoxy) is 2. The maximum Gasteiger partial charge on any atom is 0.322 e. The van der Waals surface area contributed by atoms with Crippen molar-refractivity contribution in [2.45, 2.75) is 25.3 Å². The van der Waals surface area contributed by atoms with Gasteiger partial charge in [-0.2, -0.15) is 0 Å². The summed E-state index contributed by atoms with van der Waals surface area (Å²) in [6.07, 6.45) is 2.84. The van der Waals surface area contributed by atoms with E-state index in [1.165, 1.54) is 7.11 Å². The molecular weight excluding hydrogens is 170 g/mol. The molecule has 2 N–H and O–H groups in total. The Morgan fingerprint density at radius 3 is 3.08 bits per heavy atom. The highest BCUT2D eigenvalue weighted by Crippen LogP contribution is 2.18.